The predicted octanol–water partition coefficient (Wildman–Crippen LogP) is 5.07. The minimum Gasteiger partial charge on any atom is -0.310 e. The first-order chi connectivity index (χ1) is 8.58. The van der Waals surface area contributed by atoms with E-state index < -0.39 is 0 Å². The van der Waals surface area contributed by atoms with Crippen LogP contribution in [0.15, 0.2) is 22.7 Å². The van der Waals surface area contributed by atoms with Crippen LogP contribution in [0.5, 0.6) is 0 Å². The van der Waals surface area contributed by atoms with Crippen LogP contribution in [0.4, 0.5) is 4.39 Å². The predicted molar refractivity (Wildman–Crippen MR) is 79.2 cm³/mol. The third kappa shape index (κ3) is 4.69. The van der Waals surface area contributed by atoms with E-state index in [0.717, 1.165) is 35.8 Å². The van der Waals surface area contributed by atoms with Crippen molar-refractivity contribution < 1.29 is 4.39 Å². The van der Waals surface area contributed by atoms with Crippen LogP contribution < -0.4 is 5.32 Å². The van der Waals surface area contributed by atoms with E-state index in [1.807, 2.05) is 6.07 Å². The average molecular weight is 316 g/mol. The summed E-state index contributed by atoms with van der Waals surface area (Å²) in [6.45, 7) is 7.54. The number of benzene rings is 1. The highest BCUT2D eigenvalue weighted by Crippen LogP contribution is 2.28. The van der Waals surface area contributed by atoms with Crippen molar-refractivity contribution in [2.75, 3.05) is 6.54 Å². The summed E-state index contributed by atoms with van der Waals surface area (Å²) >= 11 is 3.37. The van der Waals surface area contributed by atoms with Gasteiger partial charge in [-0.05, 0) is 49.1 Å². The SMILES string of the molecule is CCCNC(c1cc(F)cc(Br)c1)C(C)CCC. The van der Waals surface area contributed by atoms with Gasteiger partial charge >= 0.3 is 0 Å². The van der Waals surface area contributed by atoms with Gasteiger partial charge in [0.05, 0.1) is 0 Å². The topological polar surface area (TPSA) is 12.0 Å². The van der Waals surface area contributed by atoms with Crippen LogP contribution in [-0.2, 0) is 0 Å². The molecule has 0 aliphatic rings. The normalized spacial score (nSPS) is 14.5. The molecule has 0 saturated carbocycles. The minimum absolute atomic E-state index is 0.175. The van der Waals surface area contributed by atoms with Crippen molar-refractivity contribution >= 4 is 15.9 Å². The van der Waals surface area contributed by atoms with Crippen LogP contribution in [-0.4, -0.2) is 6.54 Å². The summed E-state index contributed by atoms with van der Waals surface area (Å²) in [4.78, 5) is 0. The van der Waals surface area contributed by atoms with Crippen LogP contribution in [0, 0.1) is 11.7 Å². The Morgan fingerprint density at radius 3 is 2.50 bits per heavy atom. The van der Waals surface area contributed by atoms with Crippen LogP contribution >= 0.6 is 15.9 Å². The Morgan fingerprint density at radius 2 is 1.94 bits per heavy atom. The van der Waals surface area contributed by atoms with E-state index in [4.69, 9.17) is 0 Å². The van der Waals surface area contributed by atoms with Gasteiger partial charge in [-0.25, -0.2) is 4.39 Å². The second-order valence-corrected chi connectivity index (χ2v) is 5.82. The Labute approximate surface area is 118 Å². The first-order valence-electron chi connectivity index (χ1n) is 6.77. The van der Waals surface area contributed by atoms with Crippen molar-refractivity contribution in [3.05, 3.63) is 34.1 Å². The molecule has 18 heavy (non-hydrogen) atoms. The quantitative estimate of drug-likeness (QED) is 0.741. The number of hydrogen-bond acceptors (Lipinski definition) is 1. The van der Waals surface area contributed by atoms with E-state index in [1.54, 1.807) is 6.07 Å². The Hall–Kier alpha value is -0.410. The molecular formula is C15H23BrFN. The molecule has 1 N–H and O–H groups in total. The maximum atomic E-state index is 13.5. The minimum atomic E-state index is -0.175. The van der Waals surface area contributed by atoms with Crippen molar-refractivity contribution in [2.45, 2.75) is 46.1 Å². The van der Waals surface area contributed by atoms with E-state index in [2.05, 4.69) is 42.0 Å². The van der Waals surface area contributed by atoms with Gasteiger partial charge in [0, 0.05) is 10.5 Å². The Kier molecular flexibility index (Phi) is 6.87. The summed E-state index contributed by atoms with van der Waals surface area (Å²) in [6.07, 6.45) is 3.39. The molecular weight excluding hydrogens is 293 g/mol. The second kappa shape index (κ2) is 7.90. The largest absolute Gasteiger partial charge is 0.310 e. The third-order valence-electron chi connectivity index (χ3n) is 3.17. The second-order valence-electron chi connectivity index (χ2n) is 4.90. The summed E-state index contributed by atoms with van der Waals surface area (Å²) in [7, 11) is 0. The average Bonchev–Trinajstić information content (AvgIpc) is 2.28. The van der Waals surface area contributed by atoms with Gasteiger partial charge in [-0.3, -0.25) is 0 Å². The van der Waals surface area contributed by atoms with E-state index in [9.17, 15) is 4.39 Å². The molecule has 1 nitrogen and oxygen atoms in total. The van der Waals surface area contributed by atoms with Crippen molar-refractivity contribution in [3.63, 3.8) is 0 Å². The van der Waals surface area contributed by atoms with Crippen LogP contribution in [0.2, 0.25) is 0 Å². The summed E-state index contributed by atoms with van der Waals surface area (Å²) in [5.41, 5.74) is 1.04. The number of halogens is 2. The summed E-state index contributed by atoms with van der Waals surface area (Å²) in [6, 6.07) is 5.40. The lowest BCUT2D eigenvalue weighted by Crippen LogP contribution is -2.27. The molecule has 1 aromatic rings. The summed E-state index contributed by atoms with van der Waals surface area (Å²) < 4.78 is 14.3. The first-order valence-corrected chi connectivity index (χ1v) is 7.57. The molecule has 0 spiro atoms. The van der Waals surface area contributed by atoms with Crippen molar-refractivity contribution in [1.29, 1.82) is 0 Å². The molecule has 3 heteroatoms. The number of hydrogen-bond donors (Lipinski definition) is 1. The van der Waals surface area contributed by atoms with Gasteiger partial charge in [0.25, 0.3) is 0 Å². The summed E-state index contributed by atoms with van der Waals surface area (Å²) in [5, 5.41) is 3.54. The fourth-order valence-electron chi connectivity index (χ4n) is 2.32. The fourth-order valence-corrected chi connectivity index (χ4v) is 2.81. The van der Waals surface area contributed by atoms with Crippen molar-refractivity contribution in [2.24, 2.45) is 5.92 Å². The summed E-state index contributed by atoms with van der Waals surface area (Å²) in [5.74, 6) is 0.335. The van der Waals surface area contributed by atoms with Crippen molar-refractivity contribution in [1.82, 2.24) is 5.32 Å². The van der Waals surface area contributed by atoms with Gasteiger partial charge in [0.15, 0.2) is 0 Å². The molecule has 0 fully saturated rings. The molecule has 2 unspecified atom stereocenters. The Morgan fingerprint density at radius 1 is 1.22 bits per heavy atom. The maximum Gasteiger partial charge on any atom is 0.124 e. The van der Waals surface area contributed by atoms with Crippen LogP contribution in [0.3, 0.4) is 0 Å². The van der Waals surface area contributed by atoms with Crippen LogP contribution in [0.1, 0.15) is 51.6 Å². The molecule has 0 aliphatic heterocycles. The zero-order valence-electron chi connectivity index (χ0n) is 11.5. The van der Waals surface area contributed by atoms with Gasteiger partial charge in [0.2, 0.25) is 0 Å². The Bertz CT molecular complexity index is 347. The molecule has 2 atom stereocenters. The monoisotopic (exact) mass is 315 g/mol. The van der Waals surface area contributed by atoms with E-state index >= 15 is 0 Å². The lowest BCUT2D eigenvalue weighted by atomic mass is 9.91. The first kappa shape index (κ1) is 15.6. The molecule has 102 valence electrons. The molecule has 0 amide bonds. The molecule has 0 aromatic heterocycles. The molecule has 0 saturated heterocycles. The standard InChI is InChI=1S/C15H23BrFN/c1-4-6-11(3)15(18-7-5-2)12-8-13(16)10-14(17)9-12/h8-11,15,18H,4-7H2,1-3H3. The smallest absolute Gasteiger partial charge is 0.124 e. The molecule has 0 aliphatic carbocycles. The highest BCUT2D eigenvalue weighted by atomic mass is 79.9. The Balaban J connectivity index is 2.92. The molecule has 0 heterocycles. The highest BCUT2D eigenvalue weighted by molar-refractivity contribution is 9.10. The van der Waals surface area contributed by atoms with E-state index in [1.165, 1.54) is 6.07 Å². The zero-order valence-corrected chi connectivity index (χ0v) is 13.1. The van der Waals surface area contributed by atoms with Gasteiger partial charge in [-0.1, -0.05) is 43.1 Å². The van der Waals surface area contributed by atoms with E-state index in [0.29, 0.717) is 5.92 Å². The lowest BCUT2D eigenvalue weighted by Gasteiger charge is -2.26. The molecule has 0 radical (unpaired) electrons. The third-order valence-corrected chi connectivity index (χ3v) is 3.63. The number of rotatable bonds is 7. The van der Waals surface area contributed by atoms with Gasteiger partial charge < -0.3 is 5.32 Å². The maximum absolute atomic E-state index is 13.5. The van der Waals surface area contributed by atoms with Crippen LogP contribution in [0.25, 0.3) is 0 Å². The van der Waals surface area contributed by atoms with Gasteiger partial charge in [-0.15, -0.1) is 0 Å². The zero-order chi connectivity index (χ0) is 13.5. The molecule has 0 bridgehead atoms. The fraction of sp³-hybridized carbons (Fsp3) is 0.600. The lowest BCUT2D eigenvalue weighted by molar-refractivity contribution is 0.362. The van der Waals surface area contributed by atoms with Gasteiger partial charge in [0.1, 0.15) is 5.82 Å². The van der Waals surface area contributed by atoms with E-state index in [-0.39, 0.29) is 11.9 Å². The molecule has 1 aromatic carbocycles. The van der Waals surface area contributed by atoms with Gasteiger partial charge in [-0.2, -0.15) is 0 Å². The van der Waals surface area contributed by atoms with Crippen molar-refractivity contribution in [3.8, 4) is 0 Å². The number of nitrogens with one attached hydrogen (secondary N) is 1. The highest BCUT2D eigenvalue weighted by Gasteiger charge is 2.18. The molecule has 1 rings (SSSR count).